The largest absolute Gasteiger partial charge is 0.380 e. The molecule has 0 aliphatic carbocycles. The van der Waals surface area contributed by atoms with E-state index in [2.05, 4.69) is 20.6 Å². The fourth-order valence-electron chi connectivity index (χ4n) is 1.75. The fraction of sp³-hybridized carbons (Fsp3) is 0.286. The molecule has 2 rings (SSSR count). The highest BCUT2D eigenvalue weighted by molar-refractivity contribution is 5.61. The molecule has 0 aliphatic heterocycles. The van der Waals surface area contributed by atoms with Gasteiger partial charge in [-0.3, -0.25) is 0 Å². The lowest BCUT2D eigenvalue weighted by atomic mass is 10.2. The highest BCUT2D eigenvalue weighted by atomic mass is 19.1. The fourth-order valence-corrected chi connectivity index (χ4v) is 1.75. The number of aromatic nitrogens is 2. The van der Waals surface area contributed by atoms with Gasteiger partial charge in [-0.05, 0) is 13.0 Å². The molecule has 0 bridgehead atoms. The van der Waals surface area contributed by atoms with E-state index in [1.165, 1.54) is 0 Å². The van der Waals surface area contributed by atoms with E-state index in [0.29, 0.717) is 19.1 Å². The first-order valence-electron chi connectivity index (χ1n) is 6.35. The zero-order chi connectivity index (χ0) is 14.4. The Labute approximate surface area is 117 Å². The van der Waals surface area contributed by atoms with Crippen molar-refractivity contribution in [3.8, 4) is 0 Å². The molecule has 0 saturated carbocycles. The van der Waals surface area contributed by atoms with Gasteiger partial charge in [0, 0.05) is 24.9 Å². The SMILES string of the molecule is CCNc1ncc(F)c(Nc2ccccc2COC)n1. The molecule has 6 heteroatoms. The number of benzene rings is 1. The van der Waals surface area contributed by atoms with E-state index in [0.717, 1.165) is 17.4 Å². The van der Waals surface area contributed by atoms with E-state index < -0.39 is 5.82 Å². The molecule has 0 radical (unpaired) electrons. The average molecular weight is 276 g/mol. The Kier molecular flexibility index (Phi) is 4.84. The molecule has 1 aromatic heterocycles. The molecule has 0 unspecified atom stereocenters. The molecule has 0 fully saturated rings. The lowest BCUT2D eigenvalue weighted by molar-refractivity contribution is 0.185. The Bertz CT molecular complexity index is 577. The summed E-state index contributed by atoms with van der Waals surface area (Å²) in [5.74, 6) is 0.0269. The van der Waals surface area contributed by atoms with Gasteiger partial charge in [-0.1, -0.05) is 18.2 Å². The zero-order valence-corrected chi connectivity index (χ0v) is 11.5. The number of para-hydroxylation sites is 1. The number of methoxy groups -OCH3 is 1. The molecular formula is C14H17FN4O. The lowest BCUT2D eigenvalue weighted by Gasteiger charge is -2.12. The quantitative estimate of drug-likeness (QED) is 0.849. The predicted octanol–water partition coefficient (Wildman–Crippen LogP) is 2.94. The first-order valence-corrected chi connectivity index (χ1v) is 6.35. The van der Waals surface area contributed by atoms with Gasteiger partial charge in [-0.2, -0.15) is 4.98 Å². The van der Waals surface area contributed by atoms with Gasteiger partial charge < -0.3 is 15.4 Å². The van der Waals surface area contributed by atoms with Gasteiger partial charge in [0.05, 0.1) is 12.8 Å². The second kappa shape index (κ2) is 6.81. The van der Waals surface area contributed by atoms with Gasteiger partial charge in [0.15, 0.2) is 11.6 Å². The van der Waals surface area contributed by atoms with Gasteiger partial charge in [0.1, 0.15) is 0 Å². The van der Waals surface area contributed by atoms with Crippen LogP contribution in [0, 0.1) is 5.82 Å². The normalized spacial score (nSPS) is 10.3. The van der Waals surface area contributed by atoms with Crippen molar-refractivity contribution in [2.24, 2.45) is 0 Å². The van der Waals surface area contributed by atoms with E-state index in [1.54, 1.807) is 7.11 Å². The first kappa shape index (κ1) is 14.2. The van der Waals surface area contributed by atoms with Gasteiger partial charge in [0.25, 0.3) is 0 Å². The monoisotopic (exact) mass is 276 g/mol. The molecule has 2 aromatic rings. The summed E-state index contributed by atoms with van der Waals surface area (Å²) in [5.41, 5.74) is 1.69. The van der Waals surface area contributed by atoms with E-state index in [4.69, 9.17) is 4.74 Å². The number of hydrogen-bond donors (Lipinski definition) is 2. The number of halogens is 1. The minimum Gasteiger partial charge on any atom is -0.380 e. The third-order valence-corrected chi connectivity index (χ3v) is 2.65. The number of nitrogens with zero attached hydrogens (tertiary/aromatic N) is 2. The van der Waals surface area contributed by atoms with Crippen LogP contribution in [0.2, 0.25) is 0 Å². The summed E-state index contributed by atoms with van der Waals surface area (Å²) in [6.45, 7) is 3.04. The number of nitrogens with one attached hydrogen (secondary N) is 2. The summed E-state index contributed by atoms with van der Waals surface area (Å²) in [5, 5.41) is 5.93. The van der Waals surface area contributed by atoms with Crippen molar-refractivity contribution >= 4 is 17.5 Å². The highest BCUT2D eigenvalue weighted by Gasteiger charge is 2.09. The van der Waals surface area contributed by atoms with Crippen LogP contribution in [0.25, 0.3) is 0 Å². The maximum absolute atomic E-state index is 13.8. The summed E-state index contributed by atoms with van der Waals surface area (Å²) in [6, 6.07) is 7.53. The standard InChI is InChI=1S/C14H17FN4O/c1-3-16-14-17-8-11(15)13(19-14)18-12-7-5-4-6-10(12)9-20-2/h4-8H,3,9H2,1-2H3,(H2,16,17,18,19). The van der Waals surface area contributed by atoms with Crippen LogP contribution in [0.1, 0.15) is 12.5 Å². The van der Waals surface area contributed by atoms with Crippen LogP contribution >= 0.6 is 0 Å². The van der Waals surface area contributed by atoms with Crippen LogP contribution in [-0.2, 0) is 11.3 Å². The van der Waals surface area contributed by atoms with Gasteiger partial charge in [0.2, 0.25) is 5.95 Å². The molecule has 2 N–H and O–H groups in total. The van der Waals surface area contributed by atoms with E-state index in [9.17, 15) is 4.39 Å². The van der Waals surface area contributed by atoms with Crippen molar-refractivity contribution in [2.75, 3.05) is 24.3 Å². The summed E-state index contributed by atoms with van der Waals surface area (Å²) in [4.78, 5) is 7.98. The maximum Gasteiger partial charge on any atom is 0.224 e. The van der Waals surface area contributed by atoms with Crippen molar-refractivity contribution in [1.29, 1.82) is 0 Å². The first-order chi connectivity index (χ1) is 9.74. The van der Waals surface area contributed by atoms with E-state index in [-0.39, 0.29) is 5.82 Å². The Balaban J connectivity index is 2.27. The number of ether oxygens (including phenoxy) is 1. The zero-order valence-electron chi connectivity index (χ0n) is 11.5. The molecule has 1 heterocycles. The van der Waals surface area contributed by atoms with Gasteiger partial charge in [-0.25, -0.2) is 9.37 Å². The van der Waals surface area contributed by atoms with Gasteiger partial charge in [-0.15, -0.1) is 0 Å². The van der Waals surface area contributed by atoms with Crippen LogP contribution in [0.5, 0.6) is 0 Å². The summed E-state index contributed by atoms with van der Waals surface area (Å²) < 4.78 is 18.9. The number of hydrogen-bond acceptors (Lipinski definition) is 5. The summed E-state index contributed by atoms with van der Waals surface area (Å²) >= 11 is 0. The molecule has 1 aromatic carbocycles. The minimum atomic E-state index is -0.501. The molecule has 0 saturated heterocycles. The van der Waals surface area contributed by atoms with Crippen LogP contribution in [0.15, 0.2) is 30.5 Å². The average Bonchev–Trinajstić information content (AvgIpc) is 2.45. The number of rotatable bonds is 6. The Morgan fingerprint density at radius 1 is 1.30 bits per heavy atom. The molecule has 0 atom stereocenters. The smallest absolute Gasteiger partial charge is 0.224 e. The van der Waals surface area contributed by atoms with Crippen molar-refractivity contribution in [1.82, 2.24) is 9.97 Å². The predicted molar refractivity (Wildman–Crippen MR) is 76.6 cm³/mol. The van der Waals surface area contributed by atoms with Crippen LogP contribution in [-0.4, -0.2) is 23.6 Å². The Morgan fingerprint density at radius 2 is 2.10 bits per heavy atom. The minimum absolute atomic E-state index is 0.138. The molecule has 0 amide bonds. The molecule has 106 valence electrons. The molecule has 0 aliphatic rings. The summed E-state index contributed by atoms with van der Waals surface area (Å²) in [6.07, 6.45) is 1.15. The molecular weight excluding hydrogens is 259 g/mol. The van der Waals surface area contributed by atoms with Gasteiger partial charge >= 0.3 is 0 Å². The van der Waals surface area contributed by atoms with Crippen molar-refractivity contribution in [3.63, 3.8) is 0 Å². The summed E-state index contributed by atoms with van der Waals surface area (Å²) in [7, 11) is 1.62. The number of anilines is 3. The molecule has 5 nitrogen and oxygen atoms in total. The maximum atomic E-state index is 13.8. The van der Waals surface area contributed by atoms with Crippen molar-refractivity contribution < 1.29 is 9.13 Å². The Hall–Kier alpha value is -2.21. The lowest BCUT2D eigenvalue weighted by Crippen LogP contribution is -2.06. The Morgan fingerprint density at radius 3 is 2.85 bits per heavy atom. The van der Waals surface area contributed by atoms with Crippen molar-refractivity contribution in [2.45, 2.75) is 13.5 Å². The van der Waals surface area contributed by atoms with Crippen molar-refractivity contribution in [3.05, 3.63) is 41.8 Å². The van der Waals surface area contributed by atoms with E-state index >= 15 is 0 Å². The van der Waals surface area contributed by atoms with E-state index in [1.807, 2.05) is 31.2 Å². The third kappa shape index (κ3) is 3.42. The van der Waals surface area contributed by atoms with Crippen LogP contribution in [0.3, 0.4) is 0 Å². The third-order valence-electron chi connectivity index (χ3n) is 2.65. The molecule has 0 spiro atoms. The molecule has 20 heavy (non-hydrogen) atoms. The highest BCUT2D eigenvalue weighted by Crippen LogP contribution is 2.22. The second-order valence-corrected chi connectivity index (χ2v) is 4.14. The van der Waals surface area contributed by atoms with Crippen LogP contribution in [0.4, 0.5) is 21.8 Å². The second-order valence-electron chi connectivity index (χ2n) is 4.14. The topological polar surface area (TPSA) is 59.1 Å². The van der Waals surface area contributed by atoms with Crippen LogP contribution < -0.4 is 10.6 Å².